The summed E-state index contributed by atoms with van der Waals surface area (Å²) in [6, 6.07) is 13.1. The Hall–Kier alpha value is -2.69. The molecule has 0 saturated heterocycles. The van der Waals surface area contributed by atoms with Gasteiger partial charge in [0.1, 0.15) is 5.82 Å². The van der Waals surface area contributed by atoms with Gasteiger partial charge in [-0.2, -0.15) is 0 Å². The number of carboxylic acids is 1. The van der Waals surface area contributed by atoms with Crippen LogP contribution in [0.2, 0.25) is 0 Å². The summed E-state index contributed by atoms with van der Waals surface area (Å²) in [4.78, 5) is 23.5. The van der Waals surface area contributed by atoms with Gasteiger partial charge in [0.05, 0.1) is 11.0 Å². The van der Waals surface area contributed by atoms with Crippen molar-refractivity contribution in [3.05, 3.63) is 71.0 Å². The van der Waals surface area contributed by atoms with Gasteiger partial charge in [-0.3, -0.25) is 4.79 Å². The van der Waals surface area contributed by atoms with Gasteiger partial charge < -0.3 is 10.4 Å². The fourth-order valence-electron chi connectivity index (χ4n) is 3.45. The predicted octanol–water partition coefficient (Wildman–Crippen LogP) is 3.60. The van der Waals surface area contributed by atoms with E-state index < -0.39 is 11.4 Å². The van der Waals surface area contributed by atoms with Gasteiger partial charge in [-0.25, -0.2) is 9.18 Å². The lowest BCUT2D eigenvalue weighted by Crippen LogP contribution is -2.47. The molecule has 1 fully saturated rings. The number of carbonyl (C=O) groups excluding carboxylic acids is 1. The lowest BCUT2D eigenvalue weighted by molar-refractivity contribution is -0.135. The molecule has 1 saturated carbocycles. The molecule has 0 bridgehead atoms. The zero-order chi connectivity index (χ0) is 18.6. The van der Waals surface area contributed by atoms with Gasteiger partial charge in [0.25, 0.3) is 0 Å². The maximum absolute atomic E-state index is 13.4. The number of carbonyl (C=O) groups is 2. The summed E-state index contributed by atoms with van der Waals surface area (Å²) >= 11 is 0. The van der Waals surface area contributed by atoms with E-state index in [9.17, 15) is 14.0 Å². The Balaban J connectivity index is 1.55. The molecule has 0 heterocycles. The quantitative estimate of drug-likeness (QED) is 0.798. The molecule has 2 N–H and O–H groups in total. The van der Waals surface area contributed by atoms with Gasteiger partial charge in [-0.15, -0.1) is 0 Å². The zero-order valence-electron chi connectivity index (χ0n) is 14.5. The van der Waals surface area contributed by atoms with E-state index in [2.05, 4.69) is 5.32 Å². The van der Waals surface area contributed by atoms with Gasteiger partial charge in [0, 0.05) is 6.54 Å². The fourth-order valence-corrected chi connectivity index (χ4v) is 3.45. The van der Waals surface area contributed by atoms with E-state index in [4.69, 9.17) is 5.11 Å². The van der Waals surface area contributed by atoms with Crippen molar-refractivity contribution in [1.29, 1.82) is 0 Å². The Bertz CT molecular complexity index is 797. The number of hydrogen-bond donors (Lipinski definition) is 2. The molecule has 1 amide bonds. The van der Waals surface area contributed by atoms with Crippen LogP contribution >= 0.6 is 0 Å². The molecular formula is C21H22FNO3. The largest absolute Gasteiger partial charge is 0.478 e. The van der Waals surface area contributed by atoms with E-state index in [-0.39, 0.29) is 17.3 Å². The number of nitrogens with one attached hydrogen (secondary N) is 1. The Morgan fingerprint density at radius 3 is 2.38 bits per heavy atom. The minimum Gasteiger partial charge on any atom is -0.478 e. The molecule has 26 heavy (non-hydrogen) atoms. The van der Waals surface area contributed by atoms with Crippen molar-refractivity contribution in [2.24, 2.45) is 5.41 Å². The molecule has 4 nitrogen and oxygen atoms in total. The average molecular weight is 355 g/mol. The number of rotatable bonds is 7. The van der Waals surface area contributed by atoms with Crippen LogP contribution in [0.1, 0.15) is 40.7 Å². The van der Waals surface area contributed by atoms with Crippen molar-refractivity contribution in [1.82, 2.24) is 5.32 Å². The van der Waals surface area contributed by atoms with Crippen molar-refractivity contribution < 1.29 is 19.1 Å². The van der Waals surface area contributed by atoms with Crippen molar-refractivity contribution in [2.75, 3.05) is 6.54 Å². The highest BCUT2D eigenvalue weighted by atomic mass is 19.1. The Morgan fingerprint density at radius 1 is 1.08 bits per heavy atom. The number of hydrogen-bond acceptors (Lipinski definition) is 2. The van der Waals surface area contributed by atoms with Crippen LogP contribution in [0.5, 0.6) is 0 Å². The zero-order valence-corrected chi connectivity index (χ0v) is 14.5. The summed E-state index contributed by atoms with van der Waals surface area (Å²) in [6.07, 6.45) is 3.86. The normalized spacial score (nSPS) is 15.1. The molecule has 0 atom stereocenters. The summed E-state index contributed by atoms with van der Waals surface area (Å²) in [5, 5.41) is 11.9. The van der Waals surface area contributed by atoms with Crippen LogP contribution in [-0.2, 0) is 17.6 Å². The van der Waals surface area contributed by atoms with Crippen LogP contribution in [0.25, 0.3) is 0 Å². The monoisotopic (exact) mass is 355 g/mol. The molecule has 0 aliphatic heterocycles. The van der Waals surface area contributed by atoms with E-state index in [0.717, 1.165) is 30.4 Å². The standard InChI is InChI=1S/C21H22FNO3/c22-18-4-1-3-16(13-18)14-21(10-2-11-21)20(26)23-12-9-15-5-7-17(8-6-15)19(24)25/h1,3-8,13H,2,9-12,14H2,(H,23,26)(H,24,25). The highest BCUT2D eigenvalue weighted by molar-refractivity contribution is 5.87. The third kappa shape index (κ3) is 4.10. The van der Waals surface area contributed by atoms with Gasteiger partial charge in [0.15, 0.2) is 0 Å². The molecule has 1 aliphatic rings. The van der Waals surface area contributed by atoms with Gasteiger partial charge in [-0.1, -0.05) is 30.7 Å². The van der Waals surface area contributed by atoms with Crippen LogP contribution in [-0.4, -0.2) is 23.5 Å². The summed E-state index contributed by atoms with van der Waals surface area (Å²) in [7, 11) is 0. The van der Waals surface area contributed by atoms with E-state index in [0.29, 0.717) is 19.4 Å². The molecule has 0 aromatic heterocycles. The van der Waals surface area contributed by atoms with Gasteiger partial charge >= 0.3 is 5.97 Å². The average Bonchev–Trinajstić information content (AvgIpc) is 2.58. The lowest BCUT2D eigenvalue weighted by Gasteiger charge is -2.40. The van der Waals surface area contributed by atoms with Crippen molar-refractivity contribution in [3.63, 3.8) is 0 Å². The van der Waals surface area contributed by atoms with Crippen LogP contribution in [0.3, 0.4) is 0 Å². The second-order valence-corrected chi connectivity index (χ2v) is 6.95. The molecular weight excluding hydrogens is 333 g/mol. The lowest BCUT2D eigenvalue weighted by atomic mass is 9.64. The maximum atomic E-state index is 13.4. The first-order valence-corrected chi connectivity index (χ1v) is 8.83. The van der Waals surface area contributed by atoms with Crippen LogP contribution in [0.4, 0.5) is 4.39 Å². The van der Waals surface area contributed by atoms with Crippen LogP contribution in [0.15, 0.2) is 48.5 Å². The van der Waals surface area contributed by atoms with E-state index in [1.165, 1.54) is 12.1 Å². The summed E-state index contributed by atoms with van der Waals surface area (Å²) in [6.45, 7) is 0.496. The maximum Gasteiger partial charge on any atom is 0.335 e. The molecule has 5 heteroatoms. The van der Waals surface area contributed by atoms with E-state index in [1.807, 2.05) is 6.07 Å². The van der Waals surface area contributed by atoms with Gasteiger partial charge in [-0.05, 0) is 61.1 Å². The molecule has 0 radical (unpaired) electrons. The minimum absolute atomic E-state index is 0.0233. The molecule has 0 spiro atoms. The highest BCUT2D eigenvalue weighted by Crippen LogP contribution is 2.44. The first kappa shape index (κ1) is 18.1. The van der Waals surface area contributed by atoms with Crippen molar-refractivity contribution in [2.45, 2.75) is 32.1 Å². The Labute approximate surface area is 152 Å². The van der Waals surface area contributed by atoms with Crippen LogP contribution in [0, 0.1) is 11.2 Å². The number of aromatic carboxylic acids is 1. The topological polar surface area (TPSA) is 66.4 Å². The third-order valence-electron chi connectivity index (χ3n) is 5.12. The number of carboxylic acid groups (broad SMARTS) is 1. The minimum atomic E-state index is -0.950. The van der Waals surface area contributed by atoms with E-state index >= 15 is 0 Å². The number of benzene rings is 2. The molecule has 136 valence electrons. The molecule has 1 aliphatic carbocycles. The highest BCUT2D eigenvalue weighted by Gasteiger charge is 2.43. The second-order valence-electron chi connectivity index (χ2n) is 6.95. The second kappa shape index (κ2) is 7.68. The Morgan fingerprint density at radius 2 is 1.81 bits per heavy atom. The number of amides is 1. The van der Waals surface area contributed by atoms with Crippen LogP contribution < -0.4 is 5.32 Å². The summed E-state index contributed by atoms with van der Waals surface area (Å²) < 4.78 is 13.4. The number of halogens is 1. The molecule has 0 unspecified atom stereocenters. The molecule has 2 aromatic carbocycles. The summed E-state index contributed by atoms with van der Waals surface area (Å²) in [5.41, 5.74) is 1.65. The van der Waals surface area contributed by atoms with Crippen molar-refractivity contribution >= 4 is 11.9 Å². The first-order chi connectivity index (χ1) is 12.5. The SMILES string of the molecule is O=C(O)c1ccc(CCNC(=O)C2(Cc3cccc(F)c3)CCC2)cc1. The van der Waals surface area contributed by atoms with E-state index in [1.54, 1.807) is 30.3 Å². The Kier molecular flexibility index (Phi) is 5.35. The first-order valence-electron chi connectivity index (χ1n) is 8.83. The predicted molar refractivity (Wildman–Crippen MR) is 96.5 cm³/mol. The van der Waals surface area contributed by atoms with Gasteiger partial charge in [0.2, 0.25) is 5.91 Å². The van der Waals surface area contributed by atoms with Crippen molar-refractivity contribution in [3.8, 4) is 0 Å². The molecule has 3 rings (SSSR count). The third-order valence-corrected chi connectivity index (χ3v) is 5.12. The summed E-state index contributed by atoms with van der Waals surface area (Å²) in [5.74, 6) is -1.20. The smallest absolute Gasteiger partial charge is 0.335 e. The molecule has 2 aromatic rings. The fraction of sp³-hybridized carbons (Fsp3) is 0.333.